The maximum absolute atomic E-state index is 13.2. The number of nitro benzene ring substituents is 1. The monoisotopic (exact) mass is 230 g/mol. The zero-order valence-corrected chi connectivity index (χ0v) is 8.60. The van der Waals surface area contributed by atoms with Crippen molar-refractivity contribution in [2.45, 2.75) is 0 Å². The summed E-state index contributed by atoms with van der Waals surface area (Å²) in [5.41, 5.74) is 4.75. The van der Waals surface area contributed by atoms with Crippen molar-refractivity contribution in [3.63, 3.8) is 0 Å². The minimum absolute atomic E-state index is 0.0614. The Kier molecular flexibility index (Phi) is 4.01. The number of methoxy groups -OCH3 is 1. The van der Waals surface area contributed by atoms with E-state index in [0.717, 1.165) is 12.1 Å². The largest absolute Gasteiger partial charge is 0.494 e. The van der Waals surface area contributed by atoms with Crippen molar-refractivity contribution < 1.29 is 18.8 Å². The van der Waals surface area contributed by atoms with Crippen LogP contribution >= 0.6 is 0 Å². The van der Waals surface area contributed by atoms with Crippen molar-refractivity contribution in [3.05, 3.63) is 28.1 Å². The van der Waals surface area contributed by atoms with Gasteiger partial charge in [0.2, 0.25) is 5.75 Å². The third-order valence-corrected chi connectivity index (χ3v) is 1.81. The summed E-state index contributed by atoms with van der Waals surface area (Å²) in [5.74, 6) is -0.986. The topological polar surface area (TPSA) is 87.6 Å². The van der Waals surface area contributed by atoms with E-state index in [9.17, 15) is 14.5 Å². The van der Waals surface area contributed by atoms with Crippen LogP contribution in [0, 0.1) is 15.9 Å². The second-order valence-electron chi connectivity index (χ2n) is 2.85. The summed E-state index contributed by atoms with van der Waals surface area (Å²) in [7, 11) is 1.26. The van der Waals surface area contributed by atoms with Crippen LogP contribution in [0.4, 0.5) is 10.1 Å². The number of nitrogens with two attached hydrogens (primary N) is 1. The second kappa shape index (κ2) is 5.26. The first-order valence-electron chi connectivity index (χ1n) is 4.45. The lowest BCUT2D eigenvalue weighted by molar-refractivity contribution is -0.386. The Morgan fingerprint density at radius 2 is 2.19 bits per heavy atom. The second-order valence-corrected chi connectivity index (χ2v) is 2.85. The first-order valence-corrected chi connectivity index (χ1v) is 4.45. The van der Waals surface area contributed by atoms with Gasteiger partial charge < -0.3 is 15.2 Å². The van der Waals surface area contributed by atoms with Gasteiger partial charge in [-0.3, -0.25) is 10.1 Å². The molecule has 0 aromatic heterocycles. The van der Waals surface area contributed by atoms with Gasteiger partial charge in [-0.15, -0.1) is 0 Å². The number of ether oxygens (including phenoxy) is 2. The smallest absolute Gasteiger partial charge is 0.314 e. The first kappa shape index (κ1) is 12.2. The van der Waals surface area contributed by atoms with Crippen molar-refractivity contribution >= 4 is 5.69 Å². The molecule has 0 unspecified atom stereocenters. The van der Waals surface area contributed by atoms with Crippen molar-refractivity contribution in [2.75, 3.05) is 20.3 Å². The maximum atomic E-state index is 13.2. The number of nitro groups is 1. The quantitative estimate of drug-likeness (QED) is 0.604. The molecular weight excluding hydrogens is 219 g/mol. The van der Waals surface area contributed by atoms with E-state index in [1.807, 2.05) is 0 Å². The minimum Gasteiger partial charge on any atom is -0.494 e. The Morgan fingerprint density at radius 1 is 1.50 bits per heavy atom. The van der Waals surface area contributed by atoms with E-state index in [1.54, 1.807) is 0 Å². The van der Waals surface area contributed by atoms with E-state index in [-0.39, 0.29) is 24.7 Å². The van der Waals surface area contributed by atoms with E-state index in [4.69, 9.17) is 15.2 Å². The van der Waals surface area contributed by atoms with Crippen LogP contribution in [0.2, 0.25) is 0 Å². The molecule has 2 N–H and O–H groups in total. The molecule has 7 heteroatoms. The summed E-state index contributed by atoms with van der Waals surface area (Å²) in [4.78, 5) is 9.90. The molecule has 0 saturated carbocycles. The summed E-state index contributed by atoms with van der Waals surface area (Å²) < 4.78 is 22.9. The highest BCUT2D eigenvalue weighted by atomic mass is 19.1. The lowest BCUT2D eigenvalue weighted by Crippen LogP contribution is -2.11. The number of halogens is 1. The van der Waals surface area contributed by atoms with Gasteiger partial charge in [0.25, 0.3) is 0 Å². The lowest BCUT2D eigenvalue weighted by Gasteiger charge is -2.08. The summed E-state index contributed by atoms with van der Waals surface area (Å²) in [6.07, 6.45) is 0. The molecule has 0 aliphatic rings. The van der Waals surface area contributed by atoms with Crippen LogP contribution in [-0.4, -0.2) is 25.2 Å². The molecule has 1 aromatic carbocycles. The maximum Gasteiger partial charge on any atom is 0.314 e. The summed E-state index contributed by atoms with van der Waals surface area (Å²) >= 11 is 0. The van der Waals surface area contributed by atoms with Gasteiger partial charge in [-0.2, -0.15) is 0 Å². The number of hydrogen-bond donors (Lipinski definition) is 1. The van der Waals surface area contributed by atoms with Crippen molar-refractivity contribution in [1.29, 1.82) is 0 Å². The van der Waals surface area contributed by atoms with Crippen LogP contribution in [0.3, 0.4) is 0 Å². The van der Waals surface area contributed by atoms with E-state index in [2.05, 4.69) is 0 Å². The molecule has 0 amide bonds. The standard InChI is InChI=1S/C9H11FN2O4/c1-15-8-5-9(16-3-2-11)7(12(13)14)4-6(8)10/h4-5H,2-3,11H2,1H3. The van der Waals surface area contributed by atoms with Crippen LogP contribution in [0.1, 0.15) is 0 Å². The minimum atomic E-state index is -0.811. The molecule has 1 aromatic rings. The Bertz CT molecular complexity index is 397. The van der Waals surface area contributed by atoms with E-state index in [1.165, 1.54) is 7.11 Å². The van der Waals surface area contributed by atoms with E-state index in [0.29, 0.717) is 0 Å². The molecule has 1 rings (SSSR count). The van der Waals surface area contributed by atoms with Gasteiger partial charge in [0.05, 0.1) is 18.1 Å². The number of benzene rings is 1. The fraction of sp³-hybridized carbons (Fsp3) is 0.333. The van der Waals surface area contributed by atoms with E-state index < -0.39 is 16.4 Å². The molecule has 6 nitrogen and oxygen atoms in total. The zero-order valence-electron chi connectivity index (χ0n) is 8.60. The molecule has 0 radical (unpaired) electrons. The van der Waals surface area contributed by atoms with Crippen molar-refractivity contribution in [3.8, 4) is 11.5 Å². The summed E-state index contributed by atoms with van der Waals surface area (Å²) in [6, 6.07) is 1.88. The third kappa shape index (κ3) is 2.57. The molecule has 0 fully saturated rings. The van der Waals surface area contributed by atoms with Gasteiger partial charge in [-0.25, -0.2) is 4.39 Å². The summed E-state index contributed by atoms with van der Waals surface area (Å²) in [5, 5.41) is 10.6. The SMILES string of the molecule is COc1cc(OCCN)c([N+](=O)[O-])cc1F. The van der Waals surface area contributed by atoms with E-state index >= 15 is 0 Å². The van der Waals surface area contributed by atoms with Gasteiger partial charge in [0, 0.05) is 12.6 Å². The molecule has 0 atom stereocenters. The number of rotatable bonds is 5. The fourth-order valence-corrected chi connectivity index (χ4v) is 1.11. The lowest BCUT2D eigenvalue weighted by atomic mass is 10.2. The third-order valence-electron chi connectivity index (χ3n) is 1.81. The predicted octanol–water partition coefficient (Wildman–Crippen LogP) is 1.08. The average molecular weight is 230 g/mol. The van der Waals surface area contributed by atoms with Gasteiger partial charge in [0.1, 0.15) is 6.61 Å². The van der Waals surface area contributed by atoms with Crippen LogP contribution in [0.15, 0.2) is 12.1 Å². The fourth-order valence-electron chi connectivity index (χ4n) is 1.11. The molecule has 88 valence electrons. The van der Waals surface area contributed by atoms with Crippen molar-refractivity contribution in [2.24, 2.45) is 5.73 Å². The number of hydrogen-bond acceptors (Lipinski definition) is 5. The first-order chi connectivity index (χ1) is 7.60. The molecule has 16 heavy (non-hydrogen) atoms. The molecule has 0 aliphatic heterocycles. The highest BCUT2D eigenvalue weighted by Crippen LogP contribution is 2.33. The van der Waals surface area contributed by atoms with Crippen LogP contribution in [0.25, 0.3) is 0 Å². The molecule has 0 bridgehead atoms. The molecule has 0 aliphatic carbocycles. The highest BCUT2D eigenvalue weighted by Gasteiger charge is 2.20. The molecule has 0 saturated heterocycles. The number of nitrogens with zero attached hydrogens (tertiary/aromatic N) is 1. The Morgan fingerprint density at radius 3 is 2.69 bits per heavy atom. The van der Waals surface area contributed by atoms with Crippen LogP contribution < -0.4 is 15.2 Å². The molecule has 0 spiro atoms. The predicted molar refractivity (Wildman–Crippen MR) is 54.2 cm³/mol. The highest BCUT2D eigenvalue weighted by molar-refractivity contribution is 5.51. The Hall–Kier alpha value is -1.89. The Labute approximate surface area is 90.9 Å². The van der Waals surface area contributed by atoms with Gasteiger partial charge in [-0.1, -0.05) is 0 Å². The Balaban J connectivity index is 3.14. The summed E-state index contributed by atoms with van der Waals surface area (Å²) in [6.45, 7) is 0.312. The normalized spacial score (nSPS) is 9.94. The zero-order chi connectivity index (χ0) is 12.1. The van der Waals surface area contributed by atoms with Gasteiger partial charge >= 0.3 is 5.69 Å². The van der Waals surface area contributed by atoms with Crippen LogP contribution in [-0.2, 0) is 0 Å². The molecule has 0 heterocycles. The molecular formula is C9H11FN2O4. The average Bonchev–Trinajstić information content (AvgIpc) is 2.26. The van der Waals surface area contributed by atoms with Gasteiger partial charge in [0.15, 0.2) is 11.6 Å². The van der Waals surface area contributed by atoms with Crippen LogP contribution in [0.5, 0.6) is 11.5 Å². The van der Waals surface area contributed by atoms with Crippen molar-refractivity contribution in [1.82, 2.24) is 0 Å². The van der Waals surface area contributed by atoms with Gasteiger partial charge in [-0.05, 0) is 0 Å².